The summed E-state index contributed by atoms with van der Waals surface area (Å²) in [6.45, 7) is 4.08. The number of sulfonamides is 1. The lowest BCUT2D eigenvalue weighted by atomic mass is 10.2. The topological polar surface area (TPSA) is 64.0 Å². The van der Waals surface area contributed by atoms with E-state index in [0.29, 0.717) is 22.8 Å². The molecular weight excluding hydrogens is 358 g/mol. The highest BCUT2D eigenvalue weighted by Crippen LogP contribution is 2.26. The fraction of sp³-hybridized carbons (Fsp3) is 0.167. The average Bonchev–Trinajstić information content (AvgIpc) is 3.03. The van der Waals surface area contributed by atoms with Crippen molar-refractivity contribution in [1.82, 2.24) is 9.78 Å². The van der Waals surface area contributed by atoms with Crippen LogP contribution >= 0.6 is 11.6 Å². The van der Waals surface area contributed by atoms with Gasteiger partial charge in [0.2, 0.25) is 0 Å². The largest absolute Gasteiger partial charge is 0.280 e. The number of aryl methyl sites for hydroxylation is 2. The van der Waals surface area contributed by atoms with E-state index in [2.05, 4.69) is 9.82 Å². The number of aromatic nitrogens is 2. The third-order valence-electron chi connectivity index (χ3n) is 3.83. The number of anilines is 1. The van der Waals surface area contributed by atoms with Gasteiger partial charge in [0.15, 0.2) is 0 Å². The Kier molecular flexibility index (Phi) is 4.83. The van der Waals surface area contributed by atoms with Crippen LogP contribution in [0.1, 0.15) is 16.7 Å². The highest BCUT2D eigenvalue weighted by Gasteiger charge is 2.18. The zero-order valence-corrected chi connectivity index (χ0v) is 15.5. The predicted molar refractivity (Wildman–Crippen MR) is 99.5 cm³/mol. The normalized spacial score (nSPS) is 11.5. The van der Waals surface area contributed by atoms with Crippen molar-refractivity contribution in [3.63, 3.8) is 0 Å². The molecule has 0 fully saturated rings. The van der Waals surface area contributed by atoms with E-state index in [-0.39, 0.29) is 4.90 Å². The third-order valence-corrected chi connectivity index (χ3v) is 5.76. The van der Waals surface area contributed by atoms with Crippen LogP contribution in [0.3, 0.4) is 0 Å². The molecule has 25 heavy (non-hydrogen) atoms. The first-order valence-electron chi connectivity index (χ1n) is 7.71. The maximum Gasteiger partial charge on any atom is 0.262 e. The van der Waals surface area contributed by atoms with Gasteiger partial charge in [-0.3, -0.25) is 9.40 Å². The summed E-state index contributed by atoms with van der Waals surface area (Å²) < 4.78 is 29.9. The quantitative estimate of drug-likeness (QED) is 0.733. The van der Waals surface area contributed by atoms with Gasteiger partial charge in [0.1, 0.15) is 0 Å². The van der Waals surface area contributed by atoms with E-state index in [1.165, 1.54) is 0 Å². The Morgan fingerprint density at radius 2 is 1.92 bits per heavy atom. The van der Waals surface area contributed by atoms with Crippen LogP contribution in [0.5, 0.6) is 0 Å². The number of nitrogens with one attached hydrogen (secondary N) is 1. The summed E-state index contributed by atoms with van der Waals surface area (Å²) >= 11 is 6.06. The Morgan fingerprint density at radius 3 is 2.64 bits per heavy atom. The van der Waals surface area contributed by atoms with Crippen molar-refractivity contribution >= 4 is 27.3 Å². The summed E-state index contributed by atoms with van der Waals surface area (Å²) in [5.41, 5.74) is 2.79. The number of hydrogen-bond donors (Lipinski definition) is 1. The summed E-state index contributed by atoms with van der Waals surface area (Å²) in [6, 6.07) is 12.4. The van der Waals surface area contributed by atoms with Crippen molar-refractivity contribution in [1.29, 1.82) is 0 Å². The second kappa shape index (κ2) is 6.90. The second-order valence-corrected chi connectivity index (χ2v) is 7.93. The maximum atomic E-state index is 12.7. The molecule has 5 nitrogen and oxygen atoms in total. The zero-order valence-electron chi connectivity index (χ0n) is 13.9. The van der Waals surface area contributed by atoms with Crippen molar-refractivity contribution in [2.24, 2.45) is 0 Å². The minimum Gasteiger partial charge on any atom is -0.280 e. The van der Waals surface area contributed by atoms with Crippen LogP contribution in [-0.2, 0) is 16.6 Å². The van der Waals surface area contributed by atoms with Gasteiger partial charge in [0.05, 0.1) is 11.4 Å². The average molecular weight is 376 g/mol. The van der Waals surface area contributed by atoms with Gasteiger partial charge in [-0.2, -0.15) is 5.10 Å². The molecule has 0 aliphatic heterocycles. The SMILES string of the molecule is Cc1cc(S(=O)(=O)Nc2cccc(Cn3cccn3)c2)c(C)cc1Cl. The Balaban J connectivity index is 1.87. The van der Waals surface area contributed by atoms with E-state index < -0.39 is 10.0 Å². The van der Waals surface area contributed by atoms with E-state index in [1.807, 2.05) is 24.4 Å². The number of hydrogen-bond acceptors (Lipinski definition) is 3. The van der Waals surface area contributed by atoms with Crippen LogP contribution in [-0.4, -0.2) is 18.2 Å². The van der Waals surface area contributed by atoms with Crippen LogP contribution in [0, 0.1) is 13.8 Å². The zero-order chi connectivity index (χ0) is 18.0. The third kappa shape index (κ3) is 4.03. The Hall–Kier alpha value is -2.31. The maximum absolute atomic E-state index is 12.7. The minimum absolute atomic E-state index is 0.229. The molecule has 3 aromatic rings. The highest BCUT2D eigenvalue weighted by molar-refractivity contribution is 7.92. The van der Waals surface area contributed by atoms with Gasteiger partial charge in [-0.05, 0) is 60.9 Å². The van der Waals surface area contributed by atoms with E-state index in [4.69, 9.17) is 11.6 Å². The molecule has 1 aromatic heterocycles. The van der Waals surface area contributed by atoms with E-state index >= 15 is 0 Å². The lowest BCUT2D eigenvalue weighted by molar-refractivity contribution is 0.600. The molecule has 7 heteroatoms. The second-order valence-electron chi connectivity index (χ2n) is 5.88. The molecule has 0 saturated carbocycles. The van der Waals surface area contributed by atoms with Crippen molar-refractivity contribution in [2.75, 3.05) is 4.72 Å². The summed E-state index contributed by atoms with van der Waals surface area (Å²) in [5, 5.41) is 4.71. The number of rotatable bonds is 5. The van der Waals surface area contributed by atoms with Gasteiger partial charge in [-0.15, -0.1) is 0 Å². The van der Waals surface area contributed by atoms with Gasteiger partial charge in [-0.25, -0.2) is 8.42 Å². The Morgan fingerprint density at radius 1 is 1.12 bits per heavy atom. The molecule has 0 atom stereocenters. The van der Waals surface area contributed by atoms with Gasteiger partial charge < -0.3 is 0 Å². The summed E-state index contributed by atoms with van der Waals surface area (Å²) in [6.07, 6.45) is 3.56. The molecule has 1 N–H and O–H groups in total. The number of benzene rings is 2. The highest BCUT2D eigenvalue weighted by atomic mass is 35.5. The molecule has 0 aliphatic rings. The molecule has 0 aliphatic carbocycles. The van der Waals surface area contributed by atoms with Crippen LogP contribution in [0.4, 0.5) is 5.69 Å². The van der Waals surface area contributed by atoms with Gasteiger partial charge in [0, 0.05) is 23.1 Å². The fourth-order valence-electron chi connectivity index (χ4n) is 2.57. The molecule has 0 bridgehead atoms. The first-order valence-corrected chi connectivity index (χ1v) is 9.57. The van der Waals surface area contributed by atoms with E-state index in [1.54, 1.807) is 49.0 Å². The minimum atomic E-state index is -3.69. The summed E-state index contributed by atoms with van der Waals surface area (Å²) in [5.74, 6) is 0. The smallest absolute Gasteiger partial charge is 0.262 e. The molecule has 1 heterocycles. The molecule has 130 valence electrons. The standard InChI is InChI=1S/C18H18ClN3O2S/c1-13-10-18(14(2)9-17(13)19)25(23,24)21-16-6-3-5-15(11-16)12-22-8-4-7-20-22/h3-11,21H,12H2,1-2H3. The molecule has 0 unspecified atom stereocenters. The fourth-order valence-corrected chi connectivity index (χ4v) is 4.15. The molecule has 0 radical (unpaired) electrons. The Bertz CT molecular complexity index is 999. The van der Waals surface area contributed by atoms with Crippen molar-refractivity contribution in [3.05, 3.63) is 76.6 Å². The van der Waals surface area contributed by atoms with E-state index in [0.717, 1.165) is 11.1 Å². The monoisotopic (exact) mass is 375 g/mol. The molecule has 2 aromatic carbocycles. The van der Waals surface area contributed by atoms with Crippen LogP contribution in [0.2, 0.25) is 5.02 Å². The molecular formula is C18H18ClN3O2S. The lowest BCUT2D eigenvalue weighted by Crippen LogP contribution is -2.15. The van der Waals surface area contributed by atoms with Gasteiger partial charge >= 0.3 is 0 Å². The van der Waals surface area contributed by atoms with Crippen molar-refractivity contribution in [2.45, 2.75) is 25.3 Å². The number of nitrogens with zero attached hydrogens (tertiary/aromatic N) is 2. The first-order chi connectivity index (χ1) is 11.8. The van der Waals surface area contributed by atoms with Crippen LogP contribution in [0.25, 0.3) is 0 Å². The van der Waals surface area contributed by atoms with Crippen LogP contribution in [0.15, 0.2) is 59.8 Å². The molecule has 3 rings (SSSR count). The van der Waals surface area contributed by atoms with Gasteiger partial charge in [0.25, 0.3) is 10.0 Å². The van der Waals surface area contributed by atoms with Gasteiger partial charge in [-0.1, -0.05) is 23.7 Å². The Labute approximate surface area is 152 Å². The van der Waals surface area contributed by atoms with Crippen molar-refractivity contribution < 1.29 is 8.42 Å². The molecule has 0 saturated heterocycles. The van der Waals surface area contributed by atoms with Crippen molar-refractivity contribution in [3.8, 4) is 0 Å². The summed E-state index contributed by atoms with van der Waals surface area (Å²) in [4.78, 5) is 0.229. The molecule has 0 spiro atoms. The summed E-state index contributed by atoms with van der Waals surface area (Å²) in [7, 11) is -3.69. The lowest BCUT2D eigenvalue weighted by Gasteiger charge is -2.13. The van der Waals surface area contributed by atoms with E-state index in [9.17, 15) is 8.42 Å². The predicted octanol–water partition coefficient (Wildman–Crippen LogP) is 4.00. The first kappa shape index (κ1) is 17.5. The van der Waals surface area contributed by atoms with Crippen LogP contribution < -0.4 is 4.72 Å². The molecule has 0 amide bonds. The number of halogens is 1.